The Morgan fingerprint density at radius 2 is 1.15 bits per heavy atom. The zero-order valence-electron chi connectivity index (χ0n) is 37.6. The Bertz CT molecular complexity index is 2300. The van der Waals surface area contributed by atoms with Crippen LogP contribution in [0.4, 0.5) is 0 Å². The van der Waals surface area contributed by atoms with Crippen LogP contribution in [0.5, 0.6) is 17.2 Å². The molecule has 3 fully saturated rings. The summed E-state index contributed by atoms with van der Waals surface area (Å²) in [5, 5.41) is 44.7. The lowest BCUT2D eigenvalue weighted by Crippen LogP contribution is -2.27. The molecular formula is C52H64N4O9. The molecule has 5 aliphatic heterocycles. The predicted octanol–water partition coefficient (Wildman–Crippen LogP) is 5.91. The van der Waals surface area contributed by atoms with Gasteiger partial charge < -0.3 is 50.8 Å². The van der Waals surface area contributed by atoms with Crippen LogP contribution < -0.4 is 35.5 Å². The van der Waals surface area contributed by atoms with Crippen molar-refractivity contribution >= 4 is 17.9 Å². The maximum absolute atomic E-state index is 12.6. The summed E-state index contributed by atoms with van der Waals surface area (Å²) < 4.78 is 18.3. The number of hydrogen-bond donors (Lipinski definition) is 7. The molecule has 0 radical (unpaired) electrons. The Morgan fingerprint density at radius 3 is 1.63 bits per heavy atom. The molecule has 3 saturated heterocycles. The van der Waals surface area contributed by atoms with E-state index in [0.29, 0.717) is 76.3 Å². The summed E-state index contributed by atoms with van der Waals surface area (Å²) in [5.74, 6) is -1.66. The smallest absolute Gasteiger partial charge is 0.307 e. The third-order valence-electron chi connectivity index (χ3n) is 14.6. The van der Waals surface area contributed by atoms with Crippen LogP contribution in [0, 0.1) is 35.5 Å². The fraction of sp³-hybridized carbons (Fsp3) is 0.481. The number of fused-ring (bicyclic) bond motifs is 1. The summed E-state index contributed by atoms with van der Waals surface area (Å²) in [6.07, 6.45) is 11.4. The molecule has 0 aromatic heterocycles. The molecule has 0 spiro atoms. The van der Waals surface area contributed by atoms with Crippen LogP contribution in [-0.4, -0.2) is 93.3 Å². The molecule has 3 aromatic carbocycles. The first kappa shape index (κ1) is 45.9. The largest absolute Gasteiger partial charge is 0.496 e. The van der Waals surface area contributed by atoms with Gasteiger partial charge in [0.15, 0.2) is 0 Å². The third-order valence-corrected chi connectivity index (χ3v) is 14.6. The summed E-state index contributed by atoms with van der Waals surface area (Å²) in [7, 11) is 3.31. The Kier molecular flexibility index (Phi) is 14.9. The minimum atomic E-state index is -0.789. The minimum absolute atomic E-state index is 0.0458. The van der Waals surface area contributed by atoms with Crippen molar-refractivity contribution in [1.82, 2.24) is 21.3 Å². The van der Waals surface area contributed by atoms with Gasteiger partial charge >= 0.3 is 17.9 Å². The summed E-state index contributed by atoms with van der Waals surface area (Å²) in [5.41, 5.74) is 8.73. The molecule has 7 N–H and O–H groups in total. The molecule has 13 nitrogen and oxygen atoms in total. The van der Waals surface area contributed by atoms with Gasteiger partial charge in [-0.25, -0.2) is 0 Å². The zero-order chi connectivity index (χ0) is 45.5. The van der Waals surface area contributed by atoms with Crippen molar-refractivity contribution in [3.8, 4) is 17.2 Å². The lowest BCUT2D eigenvalue weighted by molar-refractivity contribution is -0.144. The lowest BCUT2D eigenvalue weighted by atomic mass is 9.78. The van der Waals surface area contributed by atoms with E-state index in [4.69, 9.17) is 14.2 Å². The number of benzene rings is 3. The van der Waals surface area contributed by atoms with Crippen LogP contribution in [0.3, 0.4) is 0 Å². The second-order valence-corrected chi connectivity index (χ2v) is 18.5. The van der Waals surface area contributed by atoms with E-state index in [1.807, 2.05) is 48.7 Å². The molecule has 7 atom stereocenters. The fourth-order valence-electron chi connectivity index (χ4n) is 11.0. The first-order valence-electron chi connectivity index (χ1n) is 23.3. The van der Waals surface area contributed by atoms with E-state index >= 15 is 0 Å². The molecule has 8 rings (SSSR count). The van der Waals surface area contributed by atoms with Crippen LogP contribution in [-0.2, 0) is 46.5 Å². The average molecular weight is 889 g/mol. The molecule has 3 aromatic rings. The van der Waals surface area contributed by atoms with E-state index in [1.165, 1.54) is 0 Å². The number of nitrogens with one attached hydrogen (secondary N) is 4. The summed E-state index contributed by atoms with van der Waals surface area (Å²) in [6, 6.07) is 18.2. The van der Waals surface area contributed by atoms with E-state index < -0.39 is 35.7 Å². The zero-order valence-corrected chi connectivity index (χ0v) is 37.6. The van der Waals surface area contributed by atoms with E-state index in [0.717, 1.165) is 94.9 Å². The van der Waals surface area contributed by atoms with Crippen LogP contribution in [0.25, 0.3) is 0 Å². The molecule has 65 heavy (non-hydrogen) atoms. The monoisotopic (exact) mass is 888 g/mol. The van der Waals surface area contributed by atoms with Crippen molar-refractivity contribution in [3.63, 3.8) is 0 Å². The van der Waals surface area contributed by atoms with E-state index in [9.17, 15) is 29.7 Å². The van der Waals surface area contributed by atoms with Crippen LogP contribution in [0.1, 0.15) is 65.0 Å². The highest BCUT2D eigenvalue weighted by molar-refractivity contribution is 5.72. The van der Waals surface area contributed by atoms with Crippen molar-refractivity contribution in [2.45, 2.75) is 63.7 Å². The number of rotatable bonds is 19. The molecular weight excluding hydrogens is 825 g/mol. The van der Waals surface area contributed by atoms with E-state index in [1.54, 1.807) is 14.2 Å². The molecule has 0 saturated carbocycles. The Balaban J connectivity index is 1.20. The molecule has 0 unspecified atom stereocenters. The first-order chi connectivity index (χ1) is 31.6. The van der Waals surface area contributed by atoms with Crippen LogP contribution >= 0.6 is 0 Å². The van der Waals surface area contributed by atoms with Gasteiger partial charge in [0.2, 0.25) is 0 Å². The van der Waals surface area contributed by atoms with Gasteiger partial charge in [-0.15, -0.1) is 0 Å². The van der Waals surface area contributed by atoms with Gasteiger partial charge in [0.1, 0.15) is 17.2 Å². The highest BCUT2D eigenvalue weighted by atomic mass is 16.5. The summed E-state index contributed by atoms with van der Waals surface area (Å²) in [4.78, 5) is 37.8. The Morgan fingerprint density at radius 1 is 0.662 bits per heavy atom. The van der Waals surface area contributed by atoms with Gasteiger partial charge in [0.25, 0.3) is 0 Å². The molecule has 5 aliphatic rings. The molecule has 5 heterocycles. The Labute approximate surface area is 381 Å². The minimum Gasteiger partial charge on any atom is -0.496 e. The number of aliphatic carboxylic acids is 3. The van der Waals surface area contributed by atoms with E-state index in [2.05, 4.69) is 45.5 Å². The number of carbonyl (C=O) groups is 3. The van der Waals surface area contributed by atoms with Gasteiger partial charge in [-0.2, -0.15) is 0 Å². The predicted molar refractivity (Wildman–Crippen MR) is 247 cm³/mol. The number of ether oxygens (including phenoxy) is 3. The summed E-state index contributed by atoms with van der Waals surface area (Å²) in [6.45, 7) is 5.03. The standard InChI is InChI=1S/C52H64N4O9/c1-63-47-8-5-31(22-41(50(57)58)34-11-16-53-28-34)20-37(47)26-44-39(40-14-19-65-49-10-7-33(25-45(40)49)24-43(52(61)62)36-13-18-55-30-36)4-3-15-56-46(44)27-38-21-32(6-9-48(38)64-2)23-42(51(59)60)35-12-17-54-29-35/h3-10,15,20-21,25,34-36,40-43,53-56H,11-14,16-19,22-24,26-30H2,1-2H3,(H,57,58)(H,59,60)(H,61,62)/t34-,35-,36-,40+,41-,42-,43-/m0/s1. The van der Waals surface area contributed by atoms with Crippen molar-refractivity contribution in [3.05, 3.63) is 123 Å². The number of methoxy groups -OCH3 is 2. The topological polar surface area (TPSA) is 188 Å². The molecule has 13 heteroatoms. The van der Waals surface area contributed by atoms with Crippen LogP contribution in [0.2, 0.25) is 0 Å². The highest BCUT2D eigenvalue weighted by Crippen LogP contribution is 2.45. The second kappa shape index (κ2) is 21.1. The number of allylic oxidation sites excluding steroid dienone is 5. The SMILES string of the molecule is COc1ccc(C[C@H](C(=O)O)[C@H]2CCNC2)cc1CC1=C(Cc2cc(C[C@H](C(=O)O)[C@H]3CCNC3)ccc2OC)C([C@H]2CCOc3ccc(C[C@H](C(=O)O)[C@H]4CCNC4)cc32)=CC=CN1. The normalized spacial score (nSPS) is 23.1. The molecule has 0 aliphatic carbocycles. The molecule has 0 bridgehead atoms. The quantitative estimate of drug-likeness (QED) is 0.0754. The van der Waals surface area contributed by atoms with Crippen molar-refractivity contribution in [2.24, 2.45) is 35.5 Å². The van der Waals surface area contributed by atoms with Crippen molar-refractivity contribution in [1.29, 1.82) is 0 Å². The average Bonchev–Trinajstić information content (AvgIpc) is 4.13. The van der Waals surface area contributed by atoms with Crippen molar-refractivity contribution in [2.75, 3.05) is 60.1 Å². The highest BCUT2D eigenvalue weighted by Gasteiger charge is 2.35. The maximum atomic E-state index is 12.6. The third kappa shape index (κ3) is 10.7. The lowest BCUT2D eigenvalue weighted by Gasteiger charge is -2.31. The number of hydrogen-bond acceptors (Lipinski definition) is 10. The maximum Gasteiger partial charge on any atom is 0.307 e. The summed E-state index contributed by atoms with van der Waals surface area (Å²) >= 11 is 0. The van der Waals surface area contributed by atoms with Gasteiger partial charge in [-0.3, -0.25) is 14.4 Å². The fourth-order valence-corrected chi connectivity index (χ4v) is 11.0. The van der Waals surface area contributed by atoms with Gasteiger partial charge in [-0.05, 0) is 160 Å². The van der Waals surface area contributed by atoms with Crippen molar-refractivity contribution < 1.29 is 43.9 Å². The van der Waals surface area contributed by atoms with Gasteiger partial charge in [-0.1, -0.05) is 42.5 Å². The first-order valence-corrected chi connectivity index (χ1v) is 23.3. The molecule has 346 valence electrons. The van der Waals surface area contributed by atoms with E-state index in [-0.39, 0.29) is 23.7 Å². The van der Waals surface area contributed by atoms with Gasteiger partial charge in [0, 0.05) is 41.8 Å². The van der Waals surface area contributed by atoms with Crippen LogP contribution in [0.15, 0.2) is 89.8 Å². The van der Waals surface area contributed by atoms with Gasteiger partial charge in [0.05, 0.1) is 38.6 Å². The number of carboxylic acids is 3. The molecule has 0 amide bonds. The second-order valence-electron chi connectivity index (χ2n) is 18.5. The number of carboxylic acid groups (broad SMARTS) is 3. The Hall–Kier alpha value is -5.63.